The summed E-state index contributed by atoms with van der Waals surface area (Å²) in [5.41, 5.74) is 2.21. The first-order valence-corrected chi connectivity index (χ1v) is 10.4. The van der Waals surface area contributed by atoms with Crippen molar-refractivity contribution in [2.24, 2.45) is 7.05 Å². The maximum Gasteiger partial charge on any atom is 0.349 e. The lowest BCUT2D eigenvalue weighted by atomic mass is 10.0. The topological polar surface area (TPSA) is 78.0 Å². The third-order valence-corrected chi connectivity index (χ3v) is 6.21. The molecule has 0 N–H and O–H groups in total. The summed E-state index contributed by atoms with van der Waals surface area (Å²) in [6, 6.07) is 12.4. The quantitative estimate of drug-likeness (QED) is 0.648. The van der Waals surface area contributed by atoms with Crippen molar-refractivity contribution in [3.05, 3.63) is 64.0 Å². The highest BCUT2D eigenvalue weighted by atomic mass is 19.1. The van der Waals surface area contributed by atoms with Gasteiger partial charge in [0, 0.05) is 38.3 Å². The van der Waals surface area contributed by atoms with Crippen LogP contribution in [0.15, 0.2) is 41.2 Å². The van der Waals surface area contributed by atoms with Crippen LogP contribution in [-0.2, 0) is 7.05 Å². The highest BCUT2D eigenvalue weighted by molar-refractivity contribution is 5.86. The Morgan fingerprint density at radius 3 is 2.48 bits per heavy atom. The molecule has 1 aromatic carbocycles. The van der Waals surface area contributed by atoms with E-state index in [4.69, 9.17) is 0 Å². The third kappa shape index (κ3) is 3.77. The fourth-order valence-electron chi connectivity index (χ4n) is 4.39. The molecule has 4 rings (SSSR count). The molecule has 31 heavy (non-hydrogen) atoms. The van der Waals surface area contributed by atoms with E-state index in [-0.39, 0.29) is 29.6 Å². The number of rotatable bonds is 3. The van der Waals surface area contributed by atoms with Crippen LogP contribution in [-0.4, -0.2) is 44.6 Å². The molecule has 1 aliphatic heterocycles. The number of aromatic nitrogens is 3. The monoisotopic (exact) mass is 420 g/mol. The van der Waals surface area contributed by atoms with Crippen molar-refractivity contribution in [3.8, 4) is 6.07 Å². The molecule has 3 atom stereocenters. The number of aryl methyl sites for hydroxylation is 1. The molecule has 8 heteroatoms. The Balaban J connectivity index is 1.69. The molecule has 160 valence electrons. The Morgan fingerprint density at radius 2 is 1.81 bits per heavy atom. The largest absolute Gasteiger partial charge is 0.349 e. The van der Waals surface area contributed by atoms with Crippen LogP contribution in [0.4, 0.5) is 10.2 Å². The zero-order valence-electron chi connectivity index (χ0n) is 18.1. The molecule has 0 amide bonds. The summed E-state index contributed by atoms with van der Waals surface area (Å²) >= 11 is 0. The van der Waals surface area contributed by atoms with E-state index in [2.05, 4.69) is 46.6 Å². The van der Waals surface area contributed by atoms with Crippen LogP contribution in [0, 0.1) is 17.1 Å². The van der Waals surface area contributed by atoms with Crippen LogP contribution in [0.3, 0.4) is 0 Å². The number of halogens is 1. The van der Waals surface area contributed by atoms with Gasteiger partial charge in [-0.3, -0.25) is 9.47 Å². The van der Waals surface area contributed by atoms with Gasteiger partial charge in [-0.25, -0.2) is 14.2 Å². The first-order valence-electron chi connectivity index (χ1n) is 10.4. The zero-order valence-corrected chi connectivity index (χ0v) is 18.1. The van der Waals surface area contributed by atoms with E-state index in [0.717, 1.165) is 12.1 Å². The summed E-state index contributed by atoms with van der Waals surface area (Å²) in [4.78, 5) is 25.8. The van der Waals surface area contributed by atoms with Gasteiger partial charge < -0.3 is 4.90 Å². The van der Waals surface area contributed by atoms with E-state index in [1.165, 1.54) is 16.7 Å². The molecule has 0 radical (unpaired) electrons. The summed E-state index contributed by atoms with van der Waals surface area (Å²) in [6.45, 7) is 7.75. The Kier molecular flexibility index (Phi) is 5.46. The molecule has 1 unspecified atom stereocenters. The normalized spacial score (nSPS) is 20.6. The molecule has 1 saturated heterocycles. The number of fused-ring (bicyclic) bond motifs is 1. The smallest absolute Gasteiger partial charge is 0.349 e. The Labute approximate surface area is 180 Å². The summed E-state index contributed by atoms with van der Waals surface area (Å²) in [6.07, 6.45) is 0. The van der Waals surface area contributed by atoms with E-state index in [9.17, 15) is 14.4 Å². The number of piperazine rings is 1. The number of anilines is 1. The van der Waals surface area contributed by atoms with Crippen LogP contribution < -0.4 is 10.6 Å². The summed E-state index contributed by atoms with van der Waals surface area (Å²) in [7, 11) is 1.66. The van der Waals surface area contributed by atoms with E-state index >= 15 is 0 Å². The van der Waals surface area contributed by atoms with Crippen molar-refractivity contribution in [1.82, 2.24) is 19.4 Å². The minimum Gasteiger partial charge on any atom is -0.349 e. The third-order valence-electron chi connectivity index (χ3n) is 6.21. The molecular weight excluding hydrogens is 395 g/mol. The van der Waals surface area contributed by atoms with Crippen LogP contribution in [0.25, 0.3) is 11.0 Å². The molecule has 1 fully saturated rings. The molecule has 0 saturated carbocycles. The Bertz CT molecular complexity index is 1220. The molecule has 0 bridgehead atoms. The van der Waals surface area contributed by atoms with Gasteiger partial charge in [-0.1, -0.05) is 12.1 Å². The average molecular weight is 420 g/mol. The van der Waals surface area contributed by atoms with Crippen molar-refractivity contribution in [3.63, 3.8) is 0 Å². The molecule has 3 heterocycles. The molecule has 3 aromatic rings. The molecule has 7 nitrogen and oxygen atoms in total. The number of hydrogen-bond donors (Lipinski definition) is 0. The van der Waals surface area contributed by atoms with Crippen LogP contribution in [0.2, 0.25) is 0 Å². The van der Waals surface area contributed by atoms with E-state index in [1.807, 2.05) is 12.1 Å². The van der Waals surface area contributed by atoms with Gasteiger partial charge in [0.05, 0.1) is 5.52 Å². The second kappa shape index (κ2) is 8.08. The lowest BCUT2D eigenvalue weighted by molar-refractivity contribution is 0.119. The summed E-state index contributed by atoms with van der Waals surface area (Å²) in [5.74, 6) is 0.277. The van der Waals surface area contributed by atoms with E-state index in [0.29, 0.717) is 29.1 Å². The molecule has 2 aromatic heterocycles. The van der Waals surface area contributed by atoms with Crippen molar-refractivity contribution in [2.75, 3.05) is 18.0 Å². The fraction of sp³-hybridized carbons (Fsp3) is 0.391. The maximum absolute atomic E-state index is 13.3. The zero-order chi connectivity index (χ0) is 22.3. The van der Waals surface area contributed by atoms with Gasteiger partial charge >= 0.3 is 5.69 Å². The minimum absolute atomic E-state index is 0.0643. The van der Waals surface area contributed by atoms with Crippen molar-refractivity contribution >= 4 is 16.9 Å². The van der Waals surface area contributed by atoms with Gasteiger partial charge in [0.2, 0.25) is 0 Å². The number of pyridine rings is 1. The molecule has 1 aliphatic rings. The van der Waals surface area contributed by atoms with Gasteiger partial charge in [-0.2, -0.15) is 10.2 Å². The highest BCUT2D eigenvalue weighted by Gasteiger charge is 2.34. The molecule has 0 aliphatic carbocycles. The number of benzene rings is 1. The van der Waals surface area contributed by atoms with Gasteiger partial charge in [0.25, 0.3) is 0 Å². The van der Waals surface area contributed by atoms with Crippen molar-refractivity contribution in [2.45, 2.75) is 38.9 Å². The lowest BCUT2D eigenvalue weighted by Crippen LogP contribution is -2.57. The standard InChI is InChI=1S/C23H25FN6O/c1-14-13-30(15(2)12-29(14)16(3)17-5-7-18(24)8-6-17)22-21-20(28(4)23(31)27-22)10-9-19(11-25)26-21/h5-10,14-16H,12-13H2,1-4H3/t14-,15+,16?/m1/s1. The Morgan fingerprint density at radius 1 is 1.10 bits per heavy atom. The predicted molar refractivity (Wildman–Crippen MR) is 117 cm³/mol. The number of nitrogens with zero attached hydrogens (tertiary/aromatic N) is 6. The van der Waals surface area contributed by atoms with Crippen LogP contribution >= 0.6 is 0 Å². The van der Waals surface area contributed by atoms with Gasteiger partial charge in [-0.15, -0.1) is 0 Å². The van der Waals surface area contributed by atoms with Crippen LogP contribution in [0.1, 0.15) is 38.1 Å². The molecule has 0 spiro atoms. The Hall–Kier alpha value is -3.31. The van der Waals surface area contributed by atoms with Crippen molar-refractivity contribution < 1.29 is 4.39 Å². The maximum atomic E-state index is 13.3. The highest BCUT2D eigenvalue weighted by Crippen LogP contribution is 2.31. The SMILES string of the molecule is CC(c1ccc(F)cc1)N1C[C@H](C)N(c2nc(=O)n(C)c3ccc(C#N)nc23)C[C@H]1C. The average Bonchev–Trinajstić information content (AvgIpc) is 2.77. The number of nitriles is 1. The van der Waals surface area contributed by atoms with E-state index < -0.39 is 0 Å². The first-order chi connectivity index (χ1) is 14.8. The number of hydrogen-bond acceptors (Lipinski definition) is 6. The van der Waals surface area contributed by atoms with Gasteiger partial charge in [-0.05, 0) is 50.6 Å². The predicted octanol–water partition coefficient (Wildman–Crippen LogP) is 3.00. The first kappa shape index (κ1) is 20.9. The van der Waals surface area contributed by atoms with Gasteiger partial charge in [0.15, 0.2) is 5.82 Å². The second-order valence-electron chi connectivity index (χ2n) is 8.23. The van der Waals surface area contributed by atoms with E-state index in [1.54, 1.807) is 19.2 Å². The molecular formula is C23H25FN6O. The lowest BCUT2D eigenvalue weighted by Gasteiger charge is -2.47. The van der Waals surface area contributed by atoms with Crippen LogP contribution in [0.5, 0.6) is 0 Å². The fourth-order valence-corrected chi connectivity index (χ4v) is 4.39. The van der Waals surface area contributed by atoms with Crippen molar-refractivity contribution in [1.29, 1.82) is 5.26 Å². The second-order valence-corrected chi connectivity index (χ2v) is 8.23. The minimum atomic E-state index is -0.351. The van der Waals surface area contributed by atoms with Gasteiger partial charge in [0.1, 0.15) is 23.1 Å². The summed E-state index contributed by atoms with van der Waals surface area (Å²) in [5, 5.41) is 9.29. The summed E-state index contributed by atoms with van der Waals surface area (Å²) < 4.78 is 14.8.